The lowest BCUT2D eigenvalue weighted by Gasteiger charge is -2.35. The Morgan fingerprint density at radius 3 is 2.28 bits per heavy atom. The van der Waals surface area contributed by atoms with Crippen molar-refractivity contribution in [2.75, 3.05) is 41.8 Å². The highest BCUT2D eigenvalue weighted by Gasteiger charge is 2.19. The first-order valence-corrected chi connectivity index (χ1v) is 11.5. The van der Waals surface area contributed by atoms with Gasteiger partial charge in [0.1, 0.15) is 5.69 Å². The van der Waals surface area contributed by atoms with Crippen LogP contribution in [0.5, 0.6) is 0 Å². The van der Waals surface area contributed by atoms with Crippen molar-refractivity contribution in [2.45, 2.75) is 6.92 Å². The van der Waals surface area contributed by atoms with Crippen molar-refractivity contribution < 1.29 is 14.4 Å². The van der Waals surface area contributed by atoms with Gasteiger partial charge in [-0.3, -0.25) is 19.4 Å². The van der Waals surface area contributed by atoms with Crippen molar-refractivity contribution in [2.24, 2.45) is 0 Å². The standard InChI is InChI=1S/C25H24N8O3/c1-17(34)31-12-14-32(15-13-31)19-8-6-18(7-9-19)27-24(35)22-10-11-33(29-22)30-25(36)23-16-26-20-4-2-3-5-21(20)28-23/h2-11,16H,12-15H2,1H3,(H,27,35)(H,30,36). The average Bonchev–Trinajstić information content (AvgIpc) is 3.37. The van der Waals surface area contributed by atoms with Crippen LogP contribution in [0.15, 0.2) is 67.0 Å². The van der Waals surface area contributed by atoms with Crippen LogP contribution in [0.1, 0.15) is 27.9 Å². The Hall–Kier alpha value is -4.80. The Morgan fingerprint density at radius 2 is 1.56 bits per heavy atom. The van der Waals surface area contributed by atoms with E-state index in [-0.39, 0.29) is 17.3 Å². The van der Waals surface area contributed by atoms with Crippen LogP contribution >= 0.6 is 0 Å². The van der Waals surface area contributed by atoms with E-state index in [1.54, 1.807) is 13.0 Å². The minimum Gasteiger partial charge on any atom is -0.368 e. The number of amides is 3. The smallest absolute Gasteiger partial charge is 0.291 e. The number of carbonyl (C=O) groups is 3. The summed E-state index contributed by atoms with van der Waals surface area (Å²) < 4.78 is 0. The zero-order valence-electron chi connectivity index (χ0n) is 19.6. The number of fused-ring (bicyclic) bond motifs is 1. The SMILES string of the molecule is CC(=O)N1CCN(c2ccc(NC(=O)c3ccn(NC(=O)c4cnc5ccccc5n4)n3)cc2)CC1. The molecule has 1 aliphatic heterocycles. The van der Waals surface area contributed by atoms with E-state index in [4.69, 9.17) is 0 Å². The van der Waals surface area contributed by atoms with Gasteiger partial charge in [0.25, 0.3) is 11.8 Å². The lowest BCUT2D eigenvalue weighted by atomic mass is 10.2. The number of aromatic nitrogens is 4. The molecule has 0 radical (unpaired) electrons. The second-order valence-electron chi connectivity index (χ2n) is 8.32. The second kappa shape index (κ2) is 9.82. The monoisotopic (exact) mass is 484 g/mol. The largest absolute Gasteiger partial charge is 0.368 e. The first kappa shape index (κ1) is 23.0. The summed E-state index contributed by atoms with van der Waals surface area (Å²) in [7, 11) is 0. The van der Waals surface area contributed by atoms with E-state index in [1.807, 2.05) is 47.4 Å². The van der Waals surface area contributed by atoms with Crippen molar-refractivity contribution in [1.82, 2.24) is 24.8 Å². The fraction of sp³-hybridized carbons (Fsp3) is 0.200. The fourth-order valence-corrected chi connectivity index (χ4v) is 3.97. The maximum Gasteiger partial charge on any atom is 0.291 e. The highest BCUT2D eigenvalue weighted by molar-refractivity contribution is 6.03. The van der Waals surface area contributed by atoms with Gasteiger partial charge in [-0.2, -0.15) is 4.79 Å². The summed E-state index contributed by atoms with van der Waals surface area (Å²) in [5.74, 6) is -0.809. The number of para-hydroxylation sites is 2. The average molecular weight is 485 g/mol. The van der Waals surface area contributed by atoms with Crippen LogP contribution in [-0.4, -0.2) is 68.7 Å². The highest BCUT2D eigenvalue weighted by Crippen LogP contribution is 2.20. The molecular formula is C25H24N8O3. The number of piperazine rings is 1. The van der Waals surface area contributed by atoms with E-state index >= 15 is 0 Å². The van der Waals surface area contributed by atoms with E-state index in [1.165, 1.54) is 18.5 Å². The summed E-state index contributed by atoms with van der Waals surface area (Å²) in [5, 5.41) is 6.94. The predicted molar refractivity (Wildman–Crippen MR) is 134 cm³/mol. The topological polar surface area (TPSA) is 125 Å². The molecule has 4 aromatic rings. The van der Waals surface area contributed by atoms with Crippen LogP contribution in [0.3, 0.4) is 0 Å². The molecule has 0 aliphatic carbocycles. The molecule has 5 rings (SSSR count). The molecule has 3 amide bonds. The minimum atomic E-state index is -0.497. The van der Waals surface area contributed by atoms with Crippen molar-refractivity contribution in [3.8, 4) is 0 Å². The molecule has 2 aromatic heterocycles. The third kappa shape index (κ3) is 4.99. The van der Waals surface area contributed by atoms with Crippen LogP contribution in [0, 0.1) is 0 Å². The lowest BCUT2D eigenvalue weighted by molar-refractivity contribution is -0.129. The molecule has 2 aromatic carbocycles. The summed E-state index contributed by atoms with van der Waals surface area (Å²) >= 11 is 0. The molecule has 0 unspecified atom stereocenters. The normalized spacial score (nSPS) is 13.5. The van der Waals surface area contributed by atoms with Gasteiger partial charge in [-0.05, 0) is 42.5 Å². The molecule has 0 bridgehead atoms. The maximum atomic E-state index is 12.6. The van der Waals surface area contributed by atoms with Gasteiger partial charge in [0.05, 0.1) is 17.2 Å². The molecule has 36 heavy (non-hydrogen) atoms. The Labute approximate surface area is 206 Å². The summed E-state index contributed by atoms with van der Waals surface area (Å²) in [5.41, 5.74) is 5.80. The number of nitrogens with one attached hydrogen (secondary N) is 2. The fourth-order valence-electron chi connectivity index (χ4n) is 3.97. The molecule has 1 aliphatic rings. The summed E-state index contributed by atoms with van der Waals surface area (Å²) in [6, 6.07) is 16.3. The number of benzene rings is 2. The molecule has 0 atom stereocenters. The summed E-state index contributed by atoms with van der Waals surface area (Å²) in [4.78, 5) is 50.4. The van der Waals surface area contributed by atoms with Gasteiger partial charge in [-0.1, -0.05) is 12.1 Å². The number of carbonyl (C=O) groups excluding carboxylic acids is 3. The number of anilines is 2. The third-order valence-electron chi connectivity index (χ3n) is 5.93. The number of rotatable bonds is 5. The Balaban J connectivity index is 1.18. The van der Waals surface area contributed by atoms with E-state index in [0.717, 1.165) is 23.6 Å². The number of hydrogen-bond donors (Lipinski definition) is 2. The molecule has 182 valence electrons. The van der Waals surface area contributed by atoms with Crippen LogP contribution in [-0.2, 0) is 4.79 Å². The van der Waals surface area contributed by atoms with Gasteiger partial charge < -0.3 is 15.1 Å². The van der Waals surface area contributed by atoms with Crippen LogP contribution < -0.4 is 15.6 Å². The molecular weight excluding hydrogens is 460 g/mol. The maximum absolute atomic E-state index is 12.6. The van der Waals surface area contributed by atoms with Crippen LogP contribution in [0.25, 0.3) is 11.0 Å². The van der Waals surface area contributed by atoms with E-state index < -0.39 is 11.8 Å². The molecule has 2 N–H and O–H groups in total. The third-order valence-corrected chi connectivity index (χ3v) is 5.93. The van der Waals surface area contributed by atoms with Crippen molar-refractivity contribution in [3.63, 3.8) is 0 Å². The van der Waals surface area contributed by atoms with Gasteiger partial charge in [-0.15, -0.1) is 5.10 Å². The molecule has 1 fully saturated rings. The van der Waals surface area contributed by atoms with E-state index in [2.05, 4.69) is 30.7 Å². The van der Waals surface area contributed by atoms with Gasteiger partial charge in [-0.25, -0.2) is 10.4 Å². The van der Waals surface area contributed by atoms with E-state index in [0.29, 0.717) is 29.8 Å². The van der Waals surface area contributed by atoms with Gasteiger partial charge in [0, 0.05) is 50.7 Å². The zero-order chi connectivity index (χ0) is 25.1. The van der Waals surface area contributed by atoms with E-state index in [9.17, 15) is 14.4 Å². The molecule has 3 heterocycles. The van der Waals surface area contributed by atoms with Crippen LogP contribution in [0.2, 0.25) is 0 Å². The Bertz CT molecular complexity index is 1420. The van der Waals surface area contributed by atoms with Gasteiger partial charge >= 0.3 is 0 Å². The number of nitrogens with zero attached hydrogens (tertiary/aromatic N) is 6. The molecule has 1 saturated heterocycles. The van der Waals surface area contributed by atoms with Crippen molar-refractivity contribution in [1.29, 1.82) is 0 Å². The van der Waals surface area contributed by atoms with Crippen molar-refractivity contribution >= 4 is 40.1 Å². The Kier molecular flexibility index (Phi) is 6.27. The van der Waals surface area contributed by atoms with Gasteiger partial charge in [0.15, 0.2) is 5.69 Å². The summed E-state index contributed by atoms with van der Waals surface area (Å²) in [6.07, 6.45) is 2.87. The zero-order valence-corrected chi connectivity index (χ0v) is 19.6. The summed E-state index contributed by atoms with van der Waals surface area (Å²) in [6.45, 7) is 4.50. The molecule has 0 spiro atoms. The number of hydrogen-bond acceptors (Lipinski definition) is 7. The molecule has 11 heteroatoms. The quantitative estimate of drug-likeness (QED) is 0.445. The minimum absolute atomic E-state index is 0.0945. The Morgan fingerprint density at radius 1 is 0.833 bits per heavy atom. The van der Waals surface area contributed by atoms with Crippen LogP contribution in [0.4, 0.5) is 11.4 Å². The van der Waals surface area contributed by atoms with Crippen molar-refractivity contribution in [3.05, 3.63) is 78.4 Å². The molecule has 0 saturated carbocycles. The highest BCUT2D eigenvalue weighted by atomic mass is 16.2. The molecule has 11 nitrogen and oxygen atoms in total. The first-order chi connectivity index (χ1) is 17.5. The second-order valence-corrected chi connectivity index (χ2v) is 8.32. The predicted octanol–water partition coefficient (Wildman–Crippen LogP) is 2.13. The lowest BCUT2D eigenvalue weighted by Crippen LogP contribution is -2.48. The first-order valence-electron chi connectivity index (χ1n) is 11.5. The van der Waals surface area contributed by atoms with Gasteiger partial charge in [0.2, 0.25) is 5.91 Å².